The number of halogens is 1. The van der Waals surface area contributed by atoms with Crippen molar-refractivity contribution in [1.82, 2.24) is 9.55 Å². The Labute approximate surface area is 119 Å². The lowest BCUT2D eigenvalue weighted by atomic mass is 10.2. The molecule has 0 atom stereocenters. The van der Waals surface area contributed by atoms with Gasteiger partial charge in [0.1, 0.15) is 5.82 Å². The van der Waals surface area contributed by atoms with Crippen LogP contribution in [0.25, 0.3) is 11.0 Å². The van der Waals surface area contributed by atoms with E-state index in [9.17, 15) is 0 Å². The second-order valence-electron chi connectivity index (χ2n) is 5.22. The lowest BCUT2D eigenvalue weighted by Gasteiger charge is -2.13. The van der Waals surface area contributed by atoms with Crippen molar-refractivity contribution in [3.05, 3.63) is 29.0 Å². The van der Waals surface area contributed by atoms with Crippen LogP contribution in [0.1, 0.15) is 45.0 Å². The van der Waals surface area contributed by atoms with E-state index >= 15 is 0 Å². The summed E-state index contributed by atoms with van der Waals surface area (Å²) in [5, 5.41) is 0.768. The van der Waals surface area contributed by atoms with Crippen LogP contribution in [0.15, 0.2) is 18.2 Å². The van der Waals surface area contributed by atoms with Crippen LogP contribution in [-0.2, 0) is 6.42 Å². The van der Waals surface area contributed by atoms with Crippen LogP contribution in [0, 0.1) is 0 Å². The highest BCUT2D eigenvalue weighted by molar-refractivity contribution is 6.31. The standard InChI is InChI=1S/C15H22ClN3/c1-11(2)19-14-10-12(16)7-8-13(14)18-15(19)6-4-3-5-9-17/h7-8,10-11H,3-6,9,17H2,1-2H3. The minimum Gasteiger partial charge on any atom is -0.330 e. The summed E-state index contributed by atoms with van der Waals surface area (Å²) in [7, 11) is 0. The molecule has 2 rings (SSSR count). The first kappa shape index (κ1) is 14.4. The van der Waals surface area contributed by atoms with Gasteiger partial charge < -0.3 is 10.3 Å². The molecule has 0 spiro atoms. The van der Waals surface area contributed by atoms with Gasteiger partial charge in [-0.1, -0.05) is 18.0 Å². The Bertz CT molecular complexity index is 546. The first-order valence-corrected chi connectivity index (χ1v) is 7.37. The van der Waals surface area contributed by atoms with Crippen molar-refractivity contribution >= 4 is 22.6 Å². The van der Waals surface area contributed by atoms with E-state index in [-0.39, 0.29) is 0 Å². The predicted octanol–water partition coefficient (Wildman–Crippen LogP) is 3.94. The third-order valence-corrected chi connectivity index (χ3v) is 3.58. The summed E-state index contributed by atoms with van der Waals surface area (Å²) in [5.41, 5.74) is 7.70. The van der Waals surface area contributed by atoms with Crippen molar-refractivity contribution in [2.24, 2.45) is 5.73 Å². The van der Waals surface area contributed by atoms with Gasteiger partial charge in [0.25, 0.3) is 0 Å². The molecule has 0 bridgehead atoms. The van der Waals surface area contributed by atoms with Crippen molar-refractivity contribution in [1.29, 1.82) is 0 Å². The summed E-state index contributed by atoms with van der Waals surface area (Å²) >= 11 is 6.10. The average molecular weight is 280 g/mol. The highest BCUT2D eigenvalue weighted by Crippen LogP contribution is 2.25. The molecule has 0 aliphatic rings. The lowest BCUT2D eigenvalue weighted by Crippen LogP contribution is -2.07. The molecular weight excluding hydrogens is 258 g/mol. The number of imidazole rings is 1. The third kappa shape index (κ3) is 3.28. The first-order valence-electron chi connectivity index (χ1n) is 7.00. The number of aromatic nitrogens is 2. The fourth-order valence-electron chi connectivity index (χ4n) is 2.47. The molecule has 3 nitrogen and oxygen atoms in total. The van der Waals surface area contributed by atoms with E-state index in [4.69, 9.17) is 22.3 Å². The smallest absolute Gasteiger partial charge is 0.110 e. The van der Waals surface area contributed by atoms with E-state index in [0.717, 1.165) is 47.7 Å². The van der Waals surface area contributed by atoms with Gasteiger partial charge in [0.2, 0.25) is 0 Å². The second-order valence-corrected chi connectivity index (χ2v) is 5.66. The molecule has 0 amide bonds. The zero-order valence-corrected chi connectivity index (χ0v) is 12.5. The van der Waals surface area contributed by atoms with Crippen LogP contribution in [0.2, 0.25) is 5.02 Å². The zero-order valence-electron chi connectivity index (χ0n) is 11.7. The number of unbranched alkanes of at least 4 members (excludes halogenated alkanes) is 2. The van der Waals surface area contributed by atoms with Gasteiger partial charge in [0.15, 0.2) is 0 Å². The van der Waals surface area contributed by atoms with E-state index in [1.54, 1.807) is 0 Å². The molecule has 2 aromatic rings. The van der Waals surface area contributed by atoms with E-state index in [1.807, 2.05) is 18.2 Å². The number of rotatable bonds is 6. The molecule has 0 saturated carbocycles. The molecule has 2 N–H and O–H groups in total. The monoisotopic (exact) mass is 279 g/mol. The van der Waals surface area contributed by atoms with Crippen LogP contribution in [0.3, 0.4) is 0 Å². The number of hydrogen-bond donors (Lipinski definition) is 1. The van der Waals surface area contributed by atoms with Crippen LogP contribution in [0.4, 0.5) is 0 Å². The van der Waals surface area contributed by atoms with E-state index in [0.29, 0.717) is 6.04 Å². The van der Waals surface area contributed by atoms with Crippen LogP contribution in [-0.4, -0.2) is 16.1 Å². The van der Waals surface area contributed by atoms with Gasteiger partial charge >= 0.3 is 0 Å². The SMILES string of the molecule is CC(C)n1c(CCCCCN)nc2ccc(Cl)cc21. The molecule has 0 radical (unpaired) electrons. The fourth-order valence-corrected chi connectivity index (χ4v) is 2.64. The number of fused-ring (bicyclic) bond motifs is 1. The third-order valence-electron chi connectivity index (χ3n) is 3.35. The Morgan fingerprint density at radius 2 is 2.05 bits per heavy atom. The zero-order chi connectivity index (χ0) is 13.8. The lowest BCUT2D eigenvalue weighted by molar-refractivity contribution is 0.566. The Balaban J connectivity index is 2.29. The quantitative estimate of drug-likeness (QED) is 0.814. The summed E-state index contributed by atoms with van der Waals surface area (Å²) in [6.45, 7) is 5.15. The maximum Gasteiger partial charge on any atom is 0.110 e. The maximum atomic E-state index is 6.10. The van der Waals surface area contributed by atoms with E-state index < -0.39 is 0 Å². The summed E-state index contributed by atoms with van der Waals surface area (Å²) in [6, 6.07) is 6.31. The summed E-state index contributed by atoms with van der Waals surface area (Å²) in [5.74, 6) is 1.16. The predicted molar refractivity (Wildman–Crippen MR) is 81.7 cm³/mol. The Morgan fingerprint density at radius 3 is 2.74 bits per heavy atom. The Kier molecular flexibility index (Phi) is 4.83. The number of nitrogens with two attached hydrogens (primary N) is 1. The molecule has 0 aliphatic carbocycles. The van der Waals surface area contributed by atoms with Gasteiger partial charge in [0.05, 0.1) is 11.0 Å². The van der Waals surface area contributed by atoms with Crippen molar-refractivity contribution < 1.29 is 0 Å². The second kappa shape index (κ2) is 6.40. The largest absolute Gasteiger partial charge is 0.330 e. The summed E-state index contributed by atoms with van der Waals surface area (Å²) in [4.78, 5) is 4.75. The molecule has 19 heavy (non-hydrogen) atoms. The van der Waals surface area contributed by atoms with Crippen LogP contribution in [0.5, 0.6) is 0 Å². The van der Waals surface area contributed by atoms with Gasteiger partial charge in [0, 0.05) is 17.5 Å². The van der Waals surface area contributed by atoms with Crippen molar-refractivity contribution in [3.63, 3.8) is 0 Å². The minimum atomic E-state index is 0.396. The van der Waals surface area contributed by atoms with Gasteiger partial charge in [-0.05, 0) is 51.4 Å². The van der Waals surface area contributed by atoms with Gasteiger partial charge in [-0.2, -0.15) is 0 Å². The Morgan fingerprint density at radius 1 is 1.26 bits per heavy atom. The average Bonchev–Trinajstić information content (AvgIpc) is 2.72. The fraction of sp³-hybridized carbons (Fsp3) is 0.533. The van der Waals surface area contributed by atoms with Crippen molar-refractivity contribution in [3.8, 4) is 0 Å². The number of hydrogen-bond acceptors (Lipinski definition) is 2. The van der Waals surface area contributed by atoms with E-state index in [2.05, 4.69) is 18.4 Å². The molecule has 0 fully saturated rings. The molecule has 104 valence electrons. The van der Waals surface area contributed by atoms with Crippen LogP contribution >= 0.6 is 11.6 Å². The molecule has 0 aliphatic heterocycles. The van der Waals surface area contributed by atoms with Gasteiger partial charge in [-0.25, -0.2) is 4.98 Å². The molecule has 1 aromatic heterocycles. The minimum absolute atomic E-state index is 0.396. The molecule has 0 saturated heterocycles. The molecular formula is C15H22ClN3. The topological polar surface area (TPSA) is 43.8 Å². The van der Waals surface area contributed by atoms with Crippen molar-refractivity contribution in [2.45, 2.75) is 45.6 Å². The highest BCUT2D eigenvalue weighted by atomic mass is 35.5. The van der Waals surface area contributed by atoms with E-state index in [1.165, 1.54) is 6.42 Å². The molecule has 0 unspecified atom stereocenters. The Hall–Kier alpha value is -1.06. The normalized spacial score (nSPS) is 11.6. The molecule has 1 aromatic carbocycles. The molecule has 1 heterocycles. The maximum absolute atomic E-state index is 6.10. The van der Waals surface area contributed by atoms with Crippen LogP contribution < -0.4 is 5.73 Å². The van der Waals surface area contributed by atoms with Gasteiger partial charge in [-0.3, -0.25) is 0 Å². The number of nitrogens with zero attached hydrogens (tertiary/aromatic N) is 2. The number of benzene rings is 1. The molecule has 4 heteroatoms. The van der Waals surface area contributed by atoms with Gasteiger partial charge in [-0.15, -0.1) is 0 Å². The number of aryl methyl sites for hydroxylation is 1. The van der Waals surface area contributed by atoms with Crippen molar-refractivity contribution in [2.75, 3.05) is 6.54 Å². The summed E-state index contributed by atoms with van der Waals surface area (Å²) < 4.78 is 2.30. The first-order chi connectivity index (χ1) is 9.13. The summed E-state index contributed by atoms with van der Waals surface area (Å²) in [6.07, 6.45) is 4.40. The highest BCUT2D eigenvalue weighted by Gasteiger charge is 2.13.